The van der Waals surface area contributed by atoms with Crippen molar-refractivity contribution in [3.63, 3.8) is 0 Å². The predicted octanol–water partition coefficient (Wildman–Crippen LogP) is -0.713. The van der Waals surface area contributed by atoms with Gasteiger partial charge >= 0.3 is 62.2 Å². The molecule has 8 heavy (non-hydrogen) atoms. The quantitative estimate of drug-likeness (QED) is 0.358. The van der Waals surface area contributed by atoms with Crippen molar-refractivity contribution in [1.82, 2.24) is 0 Å². The van der Waals surface area contributed by atoms with E-state index in [2.05, 4.69) is 0 Å². The zero-order valence-corrected chi connectivity index (χ0v) is 11.8. The van der Waals surface area contributed by atoms with Gasteiger partial charge in [0.1, 0.15) is 0 Å². The fourth-order valence-electron chi connectivity index (χ4n) is 0. The van der Waals surface area contributed by atoms with E-state index in [1.54, 1.807) is 0 Å². The molecule has 0 bridgehead atoms. The number of hydrogen-bond acceptors (Lipinski definition) is 0. The summed E-state index contributed by atoms with van der Waals surface area (Å²) in [5.74, 6) is 0. The molecule has 0 saturated carbocycles. The van der Waals surface area contributed by atoms with Crippen molar-refractivity contribution in [2.75, 3.05) is 0 Å². The van der Waals surface area contributed by atoms with Gasteiger partial charge in [-0.3, -0.25) is 0 Å². The van der Waals surface area contributed by atoms with Crippen LogP contribution in [0.3, 0.4) is 0 Å². The molecule has 44 valence electrons. The van der Waals surface area contributed by atoms with E-state index in [0.29, 0.717) is 0 Å². The average Bonchev–Trinajstić information content (AvgIpc) is 0. The third kappa shape index (κ3) is 107. The molecule has 0 unspecified atom stereocenters. The summed E-state index contributed by atoms with van der Waals surface area (Å²) < 4.78 is 0. The maximum atomic E-state index is 0. The average molecular weight is 572 g/mol. The van der Waals surface area contributed by atoms with Crippen LogP contribution in [0.25, 0.3) is 0 Å². The Morgan fingerprint density at radius 2 is 0.250 bits per heavy atom. The second-order valence-corrected chi connectivity index (χ2v) is 0. The minimum Gasteiger partial charge on any atom is -2.00 e. The van der Waals surface area contributed by atoms with E-state index in [0.717, 1.165) is 0 Å². The molecule has 0 spiro atoms. The van der Waals surface area contributed by atoms with Gasteiger partial charge in [-0.05, 0) is 0 Å². The molecule has 0 aliphatic carbocycles. The van der Waals surface area contributed by atoms with Gasteiger partial charge in [0.2, 0.25) is 0 Å². The van der Waals surface area contributed by atoms with Crippen LogP contribution in [0, 0.1) is 62.2 Å². The molecule has 0 heterocycles. The van der Waals surface area contributed by atoms with Crippen LogP contribution in [0.4, 0.5) is 0 Å². The maximum absolute atomic E-state index is 0. The summed E-state index contributed by atoms with van der Waals surface area (Å²) in [7, 11) is 0. The molecule has 0 saturated heterocycles. The van der Waals surface area contributed by atoms with Gasteiger partial charge < -0.3 is 32.9 Å². The van der Waals surface area contributed by atoms with Crippen molar-refractivity contribution in [3.05, 3.63) is 0 Å². The van der Waals surface area contributed by atoms with Crippen molar-refractivity contribution in [2.45, 2.75) is 0 Å². The molecule has 0 atom stereocenters. The van der Waals surface area contributed by atoms with Gasteiger partial charge in [0.05, 0.1) is 0 Å². The smallest absolute Gasteiger partial charge is 2.00 e. The molecule has 0 aliphatic rings. The Bertz CT molecular complexity index is 6.49. The van der Waals surface area contributed by atoms with E-state index < -0.39 is 0 Å². The van der Waals surface area contributed by atoms with E-state index in [9.17, 15) is 0 Å². The first-order valence-electron chi connectivity index (χ1n) is 0. The van der Waals surface area contributed by atoms with Gasteiger partial charge in [-0.25, -0.2) is 0 Å². The normalized spacial score (nSPS) is 0. The van der Waals surface area contributed by atoms with Crippen LogP contribution in [0.2, 0.25) is 0 Å². The molecule has 0 aliphatic heterocycles. The van der Waals surface area contributed by atoms with Crippen molar-refractivity contribution >= 4 is 0 Å². The van der Waals surface area contributed by atoms with E-state index in [4.69, 9.17) is 0 Å². The summed E-state index contributed by atoms with van der Waals surface area (Å²) in [6.07, 6.45) is 0. The topological polar surface area (TPSA) is 171 Å². The maximum Gasteiger partial charge on any atom is 6.00 e. The van der Waals surface area contributed by atoms with Gasteiger partial charge in [0, 0.05) is 0 Å². The monoisotopic (exact) mass is 572 g/mol. The molecule has 0 aromatic rings. The van der Waals surface area contributed by atoms with Crippen molar-refractivity contribution < 1.29 is 95.1 Å². The van der Waals surface area contributed by atoms with Crippen molar-refractivity contribution in [2.24, 2.45) is 0 Å². The summed E-state index contributed by atoms with van der Waals surface area (Å²) >= 11 is 0. The van der Waals surface area contributed by atoms with E-state index in [1.807, 2.05) is 0 Å². The molecule has 0 fully saturated rings. The van der Waals surface area contributed by atoms with Gasteiger partial charge in [0.25, 0.3) is 0 Å². The summed E-state index contributed by atoms with van der Waals surface area (Å²) in [6, 6.07) is 0. The zero-order valence-electron chi connectivity index (χ0n) is 3.45. The van der Waals surface area contributed by atoms with Crippen LogP contribution in [-0.4, -0.2) is 0 Å². The zero-order chi connectivity index (χ0) is 0. The van der Waals surface area contributed by atoms with Crippen LogP contribution in [0.15, 0.2) is 0 Å². The standard InChI is InChI=1S/6O.2U/q6*-2;2*+6. The van der Waals surface area contributed by atoms with E-state index in [-0.39, 0.29) is 95.1 Å². The second kappa shape index (κ2) is 158. The Hall–Kier alpha value is 1.86. The Kier molecular flexibility index (Phi) is 4400. The summed E-state index contributed by atoms with van der Waals surface area (Å²) in [4.78, 5) is 0. The van der Waals surface area contributed by atoms with Gasteiger partial charge in [0.15, 0.2) is 0 Å². The predicted molar refractivity (Wildman–Crippen MR) is 4.12 cm³/mol. The summed E-state index contributed by atoms with van der Waals surface area (Å²) in [6.45, 7) is 0. The Morgan fingerprint density at radius 3 is 0.250 bits per heavy atom. The third-order valence-electron chi connectivity index (χ3n) is 0. The summed E-state index contributed by atoms with van der Waals surface area (Å²) in [5.41, 5.74) is 0. The first kappa shape index (κ1) is 223. The van der Waals surface area contributed by atoms with Gasteiger partial charge in [-0.1, -0.05) is 0 Å². The van der Waals surface area contributed by atoms with Gasteiger partial charge in [-0.2, -0.15) is 0 Å². The van der Waals surface area contributed by atoms with E-state index >= 15 is 0 Å². The molecular formula is O6U2. The third-order valence-corrected chi connectivity index (χ3v) is 0. The minimum atomic E-state index is 0. The fourth-order valence-corrected chi connectivity index (χ4v) is 0. The molecule has 0 amide bonds. The molecule has 8 heteroatoms. The second-order valence-electron chi connectivity index (χ2n) is 0. The molecule has 0 N–H and O–H groups in total. The van der Waals surface area contributed by atoms with Crippen LogP contribution >= 0.6 is 0 Å². The Labute approximate surface area is 94.0 Å². The molecule has 0 radical (unpaired) electrons. The molecule has 0 aromatic carbocycles. The van der Waals surface area contributed by atoms with Gasteiger partial charge in [-0.15, -0.1) is 0 Å². The van der Waals surface area contributed by atoms with Crippen molar-refractivity contribution in [3.8, 4) is 0 Å². The number of rotatable bonds is 0. The minimum absolute atomic E-state index is 0. The number of hydrogen-bond donors (Lipinski definition) is 0. The van der Waals surface area contributed by atoms with Crippen LogP contribution in [0.5, 0.6) is 0 Å². The molecular weight excluding hydrogens is 572 g/mol. The van der Waals surface area contributed by atoms with Crippen molar-refractivity contribution in [1.29, 1.82) is 0 Å². The first-order valence-corrected chi connectivity index (χ1v) is 0. The first-order chi connectivity index (χ1) is 0. The fraction of sp³-hybridized carbons (Fsp3) is 0. The molecule has 0 rings (SSSR count). The SMILES string of the molecule is [O-2].[O-2].[O-2].[O-2].[O-2].[O-2].[U+6].[U+6]. The largest absolute Gasteiger partial charge is 6.00 e. The Morgan fingerprint density at radius 1 is 0.250 bits per heavy atom. The molecule has 6 nitrogen and oxygen atoms in total. The van der Waals surface area contributed by atoms with Crippen LogP contribution < -0.4 is 0 Å². The van der Waals surface area contributed by atoms with Crippen LogP contribution in [-0.2, 0) is 32.9 Å². The van der Waals surface area contributed by atoms with Crippen LogP contribution in [0.1, 0.15) is 0 Å². The molecule has 0 aromatic heterocycles. The summed E-state index contributed by atoms with van der Waals surface area (Å²) in [5, 5.41) is 0. The van der Waals surface area contributed by atoms with E-state index in [1.165, 1.54) is 0 Å². The Balaban J connectivity index is 0.